The summed E-state index contributed by atoms with van der Waals surface area (Å²) in [6, 6.07) is 6.67. The van der Waals surface area contributed by atoms with Crippen LogP contribution in [0.1, 0.15) is 57.4 Å². The van der Waals surface area contributed by atoms with Gasteiger partial charge in [-0.2, -0.15) is 0 Å². The van der Waals surface area contributed by atoms with Gasteiger partial charge in [0.25, 0.3) is 0 Å². The van der Waals surface area contributed by atoms with Gasteiger partial charge < -0.3 is 4.74 Å². The second-order valence-electron chi connectivity index (χ2n) is 5.34. The molecular weight excluding hydrogens is 243 g/mol. The largest absolute Gasteiger partial charge is 0.454 e. The molecule has 104 valence electrons. The molecule has 1 saturated carbocycles. The zero-order chi connectivity index (χ0) is 13.7. The molecule has 0 radical (unpaired) electrons. The van der Waals surface area contributed by atoms with Crippen LogP contribution in [0.2, 0.25) is 0 Å². The summed E-state index contributed by atoms with van der Waals surface area (Å²) in [6.45, 7) is 1.40. The smallest absolute Gasteiger partial charge is 0.303 e. The van der Waals surface area contributed by atoms with Crippen molar-refractivity contribution in [1.29, 1.82) is 0 Å². The molecule has 0 atom stereocenters. The molecule has 0 N–H and O–H groups in total. The average Bonchev–Trinajstić information content (AvgIpc) is 2.33. The molecule has 0 aromatic heterocycles. The van der Waals surface area contributed by atoms with E-state index in [1.54, 1.807) is 12.1 Å². The summed E-state index contributed by atoms with van der Waals surface area (Å²) in [6.07, 6.45) is 6.84. The first-order valence-electron chi connectivity index (χ1n) is 7.09. The quantitative estimate of drug-likeness (QED) is 0.743. The lowest BCUT2D eigenvalue weighted by molar-refractivity contribution is -0.161. The van der Waals surface area contributed by atoms with E-state index in [4.69, 9.17) is 4.74 Å². The first-order chi connectivity index (χ1) is 9.14. The molecule has 0 aliphatic heterocycles. The van der Waals surface area contributed by atoms with Crippen LogP contribution >= 0.6 is 0 Å². The van der Waals surface area contributed by atoms with Crippen LogP contribution in [0.3, 0.4) is 0 Å². The summed E-state index contributed by atoms with van der Waals surface area (Å²) in [5.41, 5.74) is -0.232. The second kappa shape index (κ2) is 6.18. The molecule has 1 aliphatic carbocycles. The molecule has 0 bridgehead atoms. The highest BCUT2D eigenvalue weighted by Gasteiger charge is 2.37. The van der Waals surface area contributed by atoms with E-state index in [2.05, 4.69) is 0 Å². The van der Waals surface area contributed by atoms with Gasteiger partial charge in [0.1, 0.15) is 11.4 Å². The fraction of sp³-hybridized carbons (Fsp3) is 0.562. The van der Waals surface area contributed by atoms with Crippen LogP contribution in [0.5, 0.6) is 0 Å². The third-order valence-corrected chi connectivity index (χ3v) is 3.87. The highest BCUT2D eigenvalue weighted by Crippen LogP contribution is 2.40. The van der Waals surface area contributed by atoms with Gasteiger partial charge in [0, 0.05) is 12.5 Å². The van der Waals surface area contributed by atoms with Crippen molar-refractivity contribution in [3.8, 4) is 0 Å². The van der Waals surface area contributed by atoms with E-state index in [0.29, 0.717) is 18.4 Å². The Bertz CT molecular complexity index is 434. The van der Waals surface area contributed by atoms with E-state index in [9.17, 15) is 9.18 Å². The van der Waals surface area contributed by atoms with Gasteiger partial charge in [-0.3, -0.25) is 4.79 Å². The summed E-state index contributed by atoms with van der Waals surface area (Å²) in [5.74, 6) is -0.604. The van der Waals surface area contributed by atoms with Gasteiger partial charge in [0.2, 0.25) is 0 Å². The molecule has 1 fully saturated rings. The number of halogens is 1. The van der Waals surface area contributed by atoms with Gasteiger partial charge >= 0.3 is 5.97 Å². The van der Waals surface area contributed by atoms with Crippen LogP contribution in [-0.2, 0) is 15.1 Å². The van der Waals surface area contributed by atoms with E-state index < -0.39 is 5.60 Å². The number of carbonyl (C=O) groups excluding carboxylic acids is 1. The van der Waals surface area contributed by atoms with Crippen LogP contribution in [0.4, 0.5) is 4.39 Å². The molecule has 2 nitrogen and oxygen atoms in total. The Balaban J connectivity index is 2.37. The third kappa shape index (κ3) is 3.34. The molecule has 3 heteroatoms. The van der Waals surface area contributed by atoms with Gasteiger partial charge in [-0.1, -0.05) is 37.5 Å². The van der Waals surface area contributed by atoms with Gasteiger partial charge in [-0.15, -0.1) is 0 Å². The number of benzene rings is 1. The van der Waals surface area contributed by atoms with Crippen LogP contribution in [-0.4, -0.2) is 5.97 Å². The summed E-state index contributed by atoms with van der Waals surface area (Å²) >= 11 is 0. The predicted molar refractivity (Wildman–Crippen MR) is 72.2 cm³/mol. The minimum atomic E-state index is -0.766. The van der Waals surface area contributed by atoms with E-state index in [-0.39, 0.29) is 11.8 Å². The highest BCUT2D eigenvalue weighted by molar-refractivity contribution is 5.66. The fourth-order valence-electron chi connectivity index (χ4n) is 3.01. The van der Waals surface area contributed by atoms with Crippen molar-refractivity contribution in [3.05, 3.63) is 35.6 Å². The maximum atomic E-state index is 14.1. The monoisotopic (exact) mass is 264 g/mol. The minimum absolute atomic E-state index is 0.274. The van der Waals surface area contributed by atoms with Crippen molar-refractivity contribution in [1.82, 2.24) is 0 Å². The summed E-state index contributed by atoms with van der Waals surface area (Å²) < 4.78 is 19.7. The van der Waals surface area contributed by atoms with Crippen molar-refractivity contribution >= 4 is 5.97 Å². The van der Waals surface area contributed by atoms with Gasteiger partial charge in [0.05, 0.1) is 0 Å². The molecule has 0 amide bonds. The van der Waals surface area contributed by atoms with E-state index in [1.165, 1.54) is 19.4 Å². The molecule has 0 heterocycles. The van der Waals surface area contributed by atoms with Gasteiger partial charge in [-0.05, 0) is 31.7 Å². The number of rotatable bonds is 2. The predicted octanol–water partition coefficient (Wildman–Crippen LogP) is 4.33. The molecule has 0 unspecified atom stereocenters. The maximum absolute atomic E-state index is 14.1. The lowest BCUT2D eigenvalue weighted by atomic mass is 9.81. The molecule has 0 saturated heterocycles. The Morgan fingerprint density at radius 1 is 1.11 bits per heavy atom. The summed E-state index contributed by atoms with van der Waals surface area (Å²) in [4.78, 5) is 11.5. The number of esters is 1. The van der Waals surface area contributed by atoms with Crippen LogP contribution < -0.4 is 0 Å². The van der Waals surface area contributed by atoms with Crippen molar-refractivity contribution in [2.75, 3.05) is 0 Å². The maximum Gasteiger partial charge on any atom is 0.303 e. The lowest BCUT2D eigenvalue weighted by Crippen LogP contribution is -2.33. The Morgan fingerprint density at radius 3 is 2.26 bits per heavy atom. The Kier molecular flexibility index (Phi) is 4.56. The first-order valence-corrected chi connectivity index (χ1v) is 7.09. The van der Waals surface area contributed by atoms with Crippen molar-refractivity contribution in [3.63, 3.8) is 0 Å². The number of carbonyl (C=O) groups is 1. The van der Waals surface area contributed by atoms with Crippen LogP contribution in [0.25, 0.3) is 0 Å². The Hall–Kier alpha value is -1.38. The van der Waals surface area contributed by atoms with Gasteiger partial charge in [-0.25, -0.2) is 4.39 Å². The van der Waals surface area contributed by atoms with Crippen molar-refractivity contribution in [2.24, 2.45) is 0 Å². The SMILES string of the molecule is CC(=O)OC1(c2ccccc2F)CCCCCCC1. The molecule has 1 aromatic carbocycles. The Morgan fingerprint density at radius 2 is 1.68 bits per heavy atom. The van der Waals surface area contributed by atoms with Gasteiger partial charge in [0.15, 0.2) is 0 Å². The number of ether oxygens (including phenoxy) is 1. The van der Waals surface area contributed by atoms with Crippen molar-refractivity contribution in [2.45, 2.75) is 57.5 Å². The molecule has 2 rings (SSSR count). The standard InChI is InChI=1S/C16H21FO2/c1-13(18)19-16(11-7-3-2-4-8-12-16)14-9-5-6-10-15(14)17/h5-6,9-10H,2-4,7-8,11-12H2,1H3. The zero-order valence-electron chi connectivity index (χ0n) is 11.5. The highest BCUT2D eigenvalue weighted by atomic mass is 19.1. The third-order valence-electron chi connectivity index (χ3n) is 3.87. The van der Waals surface area contributed by atoms with Crippen LogP contribution in [0, 0.1) is 5.82 Å². The fourth-order valence-corrected chi connectivity index (χ4v) is 3.01. The zero-order valence-corrected chi connectivity index (χ0v) is 11.5. The van der Waals surface area contributed by atoms with E-state index in [1.807, 2.05) is 6.07 Å². The normalized spacial score (nSPS) is 19.3. The topological polar surface area (TPSA) is 26.3 Å². The average molecular weight is 264 g/mol. The molecule has 1 aliphatic rings. The summed E-state index contributed by atoms with van der Waals surface area (Å²) in [7, 11) is 0. The summed E-state index contributed by atoms with van der Waals surface area (Å²) in [5, 5.41) is 0. The Labute approximate surface area is 114 Å². The molecule has 0 spiro atoms. The number of hydrogen-bond acceptors (Lipinski definition) is 2. The van der Waals surface area contributed by atoms with E-state index in [0.717, 1.165) is 25.7 Å². The lowest BCUT2D eigenvalue weighted by Gasteiger charge is -2.35. The molecular formula is C16H21FO2. The number of hydrogen-bond donors (Lipinski definition) is 0. The molecule has 19 heavy (non-hydrogen) atoms. The second-order valence-corrected chi connectivity index (χ2v) is 5.34. The molecule has 1 aromatic rings. The first kappa shape index (κ1) is 14.0. The van der Waals surface area contributed by atoms with E-state index >= 15 is 0 Å². The van der Waals surface area contributed by atoms with Crippen LogP contribution in [0.15, 0.2) is 24.3 Å². The van der Waals surface area contributed by atoms with Crippen molar-refractivity contribution < 1.29 is 13.9 Å². The minimum Gasteiger partial charge on any atom is -0.454 e.